The van der Waals surface area contributed by atoms with Crippen molar-refractivity contribution in [1.29, 1.82) is 0 Å². The molecule has 3 fully saturated rings. The first kappa shape index (κ1) is 17.7. The summed E-state index contributed by atoms with van der Waals surface area (Å²) in [6.45, 7) is 3.35. The SMILES string of the molecule is COc1coc(C(=O)N2C[C@H]3CC[C@@H]2CN(Cc2ccncc2)C3)cc1=O. The molecule has 142 valence electrons. The Bertz CT molecular complexity index is 867. The molecule has 2 aromatic rings. The summed E-state index contributed by atoms with van der Waals surface area (Å²) in [5, 5.41) is 0. The van der Waals surface area contributed by atoms with Crippen LogP contribution in [-0.2, 0) is 6.54 Å². The molecule has 27 heavy (non-hydrogen) atoms. The molecule has 0 saturated carbocycles. The van der Waals surface area contributed by atoms with Gasteiger partial charge in [0, 0.05) is 50.7 Å². The summed E-state index contributed by atoms with van der Waals surface area (Å²) in [6.07, 6.45) is 6.92. The second-order valence-corrected chi connectivity index (χ2v) is 7.28. The fourth-order valence-electron chi connectivity index (χ4n) is 4.10. The Morgan fingerprint density at radius 1 is 1.26 bits per heavy atom. The van der Waals surface area contributed by atoms with Gasteiger partial charge in [0.1, 0.15) is 6.26 Å². The molecule has 0 N–H and O–H groups in total. The van der Waals surface area contributed by atoms with Gasteiger partial charge in [-0.15, -0.1) is 0 Å². The second-order valence-electron chi connectivity index (χ2n) is 7.28. The number of methoxy groups -OCH3 is 1. The summed E-state index contributed by atoms with van der Waals surface area (Å²) in [5.41, 5.74) is 0.886. The van der Waals surface area contributed by atoms with Gasteiger partial charge in [0.15, 0.2) is 5.76 Å². The number of fused-ring (bicyclic) bond motifs is 4. The molecule has 0 radical (unpaired) electrons. The number of pyridine rings is 1. The molecule has 7 nitrogen and oxygen atoms in total. The summed E-state index contributed by atoms with van der Waals surface area (Å²) in [5.74, 6) is 0.399. The van der Waals surface area contributed by atoms with Gasteiger partial charge in [-0.1, -0.05) is 0 Å². The Kier molecular flexibility index (Phi) is 4.94. The van der Waals surface area contributed by atoms with E-state index in [4.69, 9.17) is 9.15 Å². The largest absolute Gasteiger partial charge is 0.490 e. The fraction of sp³-hybridized carbons (Fsp3) is 0.450. The Morgan fingerprint density at radius 2 is 2.07 bits per heavy atom. The molecule has 0 unspecified atom stereocenters. The smallest absolute Gasteiger partial charge is 0.290 e. The molecule has 0 aromatic carbocycles. The van der Waals surface area contributed by atoms with Crippen LogP contribution in [0.4, 0.5) is 0 Å². The molecule has 2 atom stereocenters. The summed E-state index contributed by atoms with van der Waals surface area (Å²) in [6, 6.07) is 5.42. The summed E-state index contributed by atoms with van der Waals surface area (Å²) in [7, 11) is 1.40. The average molecular weight is 369 g/mol. The second kappa shape index (κ2) is 7.52. The number of nitrogens with zero attached hydrogens (tertiary/aromatic N) is 3. The third-order valence-electron chi connectivity index (χ3n) is 5.43. The number of hydrogen-bond donors (Lipinski definition) is 0. The lowest BCUT2D eigenvalue weighted by Gasteiger charge is -2.35. The van der Waals surface area contributed by atoms with Crippen LogP contribution >= 0.6 is 0 Å². The van der Waals surface area contributed by atoms with Gasteiger partial charge < -0.3 is 14.1 Å². The van der Waals surface area contributed by atoms with Crippen LogP contribution in [0.2, 0.25) is 0 Å². The number of rotatable bonds is 4. The van der Waals surface area contributed by atoms with Crippen LogP contribution in [-0.4, -0.2) is 53.5 Å². The van der Waals surface area contributed by atoms with Crippen molar-refractivity contribution in [3.05, 3.63) is 58.4 Å². The third-order valence-corrected chi connectivity index (χ3v) is 5.43. The molecule has 3 aliphatic rings. The summed E-state index contributed by atoms with van der Waals surface area (Å²) < 4.78 is 10.3. The number of ether oxygens (including phenoxy) is 1. The van der Waals surface area contributed by atoms with Gasteiger partial charge in [-0.3, -0.25) is 19.5 Å². The van der Waals surface area contributed by atoms with Crippen molar-refractivity contribution in [2.75, 3.05) is 26.7 Å². The van der Waals surface area contributed by atoms with E-state index in [1.165, 1.54) is 25.0 Å². The van der Waals surface area contributed by atoms with E-state index in [0.29, 0.717) is 12.5 Å². The van der Waals surface area contributed by atoms with Gasteiger partial charge in [0.2, 0.25) is 11.2 Å². The predicted molar refractivity (Wildman–Crippen MR) is 98.6 cm³/mol. The molecule has 2 aromatic heterocycles. The van der Waals surface area contributed by atoms with Crippen molar-refractivity contribution in [2.24, 2.45) is 5.92 Å². The molecule has 3 aliphatic heterocycles. The van der Waals surface area contributed by atoms with Gasteiger partial charge >= 0.3 is 0 Å². The summed E-state index contributed by atoms with van der Waals surface area (Å²) in [4.78, 5) is 33.3. The van der Waals surface area contributed by atoms with E-state index < -0.39 is 0 Å². The van der Waals surface area contributed by atoms with Crippen molar-refractivity contribution in [3.8, 4) is 5.75 Å². The van der Waals surface area contributed by atoms with Gasteiger partial charge in [-0.05, 0) is 36.5 Å². The van der Waals surface area contributed by atoms with Crippen LogP contribution in [0.25, 0.3) is 0 Å². The highest BCUT2D eigenvalue weighted by Crippen LogP contribution is 2.30. The van der Waals surface area contributed by atoms with Crippen LogP contribution in [0.5, 0.6) is 5.75 Å². The van der Waals surface area contributed by atoms with E-state index in [0.717, 1.165) is 32.5 Å². The lowest BCUT2D eigenvalue weighted by molar-refractivity contribution is 0.0549. The zero-order valence-corrected chi connectivity index (χ0v) is 15.3. The molecular formula is C20H23N3O4. The lowest BCUT2D eigenvalue weighted by Crippen LogP contribution is -2.47. The van der Waals surface area contributed by atoms with Gasteiger partial charge in [0.25, 0.3) is 5.91 Å². The molecule has 1 amide bonds. The first-order valence-electron chi connectivity index (χ1n) is 9.23. The molecule has 5 heterocycles. The van der Waals surface area contributed by atoms with Crippen molar-refractivity contribution in [3.63, 3.8) is 0 Å². The molecule has 0 aliphatic carbocycles. The predicted octanol–water partition coefficient (Wildman–Crippen LogP) is 1.78. The van der Waals surface area contributed by atoms with E-state index in [9.17, 15) is 9.59 Å². The molecule has 0 spiro atoms. The minimum atomic E-state index is -0.341. The third kappa shape index (κ3) is 3.73. The maximum atomic E-state index is 13.0. The quantitative estimate of drug-likeness (QED) is 0.818. The number of piperidine rings is 1. The van der Waals surface area contributed by atoms with E-state index in [1.807, 2.05) is 29.4 Å². The number of carbonyl (C=O) groups excluding carboxylic acids is 1. The van der Waals surface area contributed by atoms with Gasteiger partial charge in [-0.2, -0.15) is 0 Å². The van der Waals surface area contributed by atoms with E-state index >= 15 is 0 Å². The van der Waals surface area contributed by atoms with Crippen molar-refractivity contribution in [2.45, 2.75) is 25.4 Å². The highest BCUT2D eigenvalue weighted by molar-refractivity contribution is 5.91. The molecular weight excluding hydrogens is 346 g/mol. The molecule has 2 bridgehead atoms. The highest BCUT2D eigenvalue weighted by atomic mass is 16.5. The fourth-order valence-corrected chi connectivity index (χ4v) is 4.10. The number of carbonyl (C=O) groups is 1. The number of amides is 1. The first-order chi connectivity index (χ1) is 13.1. The molecule has 5 rings (SSSR count). The van der Waals surface area contributed by atoms with Crippen LogP contribution < -0.4 is 10.2 Å². The molecule has 3 saturated heterocycles. The number of aromatic nitrogens is 1. The van der Waals surface area contributed by atoms with Crippen molar-refractivity contribution >= 4 is 5.91 Å². The van der Waals surface area contributed by atoms with Crippen LogP contribution in [0.15, 0.2) is 46.1 Å². The molecule has 7 heteroatoms. The van der Waals surface area contributed by atoms with E-state index in [2.05, 4.69) is 9.88 Å². The van der Waals surface area contributed by atoms with Gasteiger partial charge in [-0.25, -0.2) is 0 Å². The minimum absolute atomic E-state index is 0.0778. The summed E-state index contributed by atoms with van der Waals surface area (Å²) >= 11 is 0. The van der Waals surface area contributed by atoms with Crippen molar-refractivity contribution < 1.29 is 13.9 Å². The minimum Gasteiger partial charge on any atom is -0.490 e. The van der Waals surface area contributed by atoms with E-state index in [-0.39, 0.29) is 28.9 Å². The zero-order chi connectivity index (χ0) is 18.8. The lowest BCUT2D eigenvalue weighted by atomic mass is 9.95. The van der Waals surface area contributed by atoms with Crippen molar-refractivity contribution in [1.82, 2.24) is 14.8 Å². The standard InChI is InChI=1S/C20H23N3O4/c1-26-19-13-27-18(8-17(19)24)20(25)23-11-15-2-3-16(23)12-22(10-15)9-14-4-6-21-7-5-14/h4-8,13,15-16H,2-3,9-12H2,1H3/t15-,16+/m0/s1. The average Bonchev–Trinajstić information content (AvgIpc) is 2.98. The first-order valence-corrected chi connectivity index (χ1v) is 9.23. The Balaban J connectivity index is 1.51. The maximum Gasteiger partial charge on any atom is 0.290 e. The Hall–Kier alpha value is -2.67. The van der Waals surface area contributed by atoms with Gasteiger partial charge in [0.05, 0.1) is 7.11 Å². The normalized spacial score (nSPS) is 22.5. The topological polar surface area (TPSA) is 75.9 Å². The monoisotopic (exact) mass is 369 g/mol. The van der Waals surface area contributed by atoms with E-state index in [1.54, 1.807) is 0 Å². The Labute approximate surface area is 157 Å². The maximum absolute atomic E-state index is 13.0. The Morgan fingerprint density at radius 3 is 2.81 bits per heavy atom. The highest BCUT2D eigenvalue weighted by Gasteiger charge is 2.38. The van der Waals surface area contributed by atoms with Crippen LogP contribution in [0, 0.1) is 5.92 Å². The van der Waals surface area contributed by atoms with Crippen LogP contribution in [0.3, 0.4) is 0 Å². The number of hydrogen-bond acceptors (Lipinski definition) is 6. The van der Waals surface area contributed by atoms with Crippen LogP contribution in [0.1, 0.15) is 29.0 Å². The zero-order valence-electron chi connectivity index (χ0n) is 15.3.